The van der Waals surface area contributed by atoms with Gasteiger partial charge in [-0.2, -0.15) is 5.10 Å². The minimum absolute atomic E-state index is 0.260. The van der Waals surface area contributed by atoms with Gasteiger partial charge in [-0.25, -0.2) is 4.68 Å². The van der Waals surface area contributed by atoms with Crippen LogP contribution in [0.2, 0.25) is 5.02 Å². The number of nitrogens with one attached hydrogen (secondary N) is 2. The van der Waals surface area contributed by atoms with Crippen LogP contribution in [0.5, 0.6) is 0 Å². The van der Waals surface area contributed by atoms with E-state index in [1.165, 1.54) is 28.3 Å². The molecule has 0 aliphatic heterocycles. The number of aromatic nitrogens is 2. The topological polar surface area (TPSA) is 102 Å². The molecule has 1 aliphatic rings. The summed E-state index contributed by atoms with van der Waals surface area (Å²) in [5.41, 5.74) is 1.32. The summed E-state index contributed by atoms with van der Waals surface area (Å²) in [5.74, 6) is -0.922. The van der Waals surface area contributed by atoms with Crippen LogP contribution in [0.1, 0.15) is 44.1 Å². The first kappa shape index (κ1) is 23.2. The second-order valence-corrected chi connectivity index (χ2v) is 9.11. The third kappa shape index (κ3) is 5.16. The number of carbonyl (C=O) groups excluding carboxylic acids is 2. The van der Waals surface area contributed by atoms with E-state index < -0.39 is 11.3 Å². The first-order chi connectivity index (χ1) is 16.0. The molecule has 8 nitrogen and oxygen atoms in total. The molecule has 2 aromatic heterocycles. The van der Waals surface area contributed by atoms with Gasteiger partial charge >= 0.3 is 0 Å². The van der Waals surface area contributed by atoms with Crippen molar-refractivity contribution >= 4 is 39.8 Å². The number of carbonyl (C=O) groups is 2. The fourth-order valence-corrected chi connectivity index (χ4v) is 5.12. The number of rotatable bonds is 7. The van der Waals surface area contributed by atoms with Crippen LogP contribution < -0.4 is 16.1 Å². The van der Waals surface area contributed by atoms with E-state index in [1.807, 2.05) is 0 Å². The molecule has 2 amide bonds. The Bertz CT molecular complexity index is 1240. The van der Waals surface area contributed by atoms with E-state index in [9.17, 15) is 14.4 Å². The van der Waals surface area contributed by atoms with Gasteiger partial charge < -0.3 is 15.4 Å². The molecule has 0 saturated carbocycles. The first-order valence-corrected chi connectivity index (χ1v) is 11.8. The molecule has 2 heterocycles. The van der Waals surface area contributed by atoms with Gasteiger partial charge in [0, 0.05) is 35.8 Å². The Morgan fingerprint density at radius 2 is 1.91 bits per heavy atom. The lowest BCUT2D eigenvalue weighted by atomic mass is 9.95. The lowest BCUT2D eigenvalue weighted by Crippen LogP contribution is -2.29. The molecule has 1 aliphatic carbocycles. The number of halogens is 1. The number of hydrogen-bond acceptors (Lipinski definition) is 6. The van der Waals surface area contributed by atoms with Gasteiger partial charge in [-0.1, -0.05) is 11.6 Å². The van der Waals surface area contributed by atoms with Gasteiger partial charge in [0.2, 0.25) is 5.43 Å². The predicted molar refractivity (Wildman–Crippen MR) is 128 cm³/mol. The van der Waals surface area contributed by atoms with E-state index in [0.29, 0.717) is 34.4 Å². The molecule has 0 saturated heterocycles. The minimum atomic E-state index is -0.659. The van der Waals surface area contributed by atoms with Crippen molar-refractivity contribution in [1.29, 1.82) is 0 Å². The van der Waals surface area contributed by atoms with Crippen LogP contribution in [0, 0.1) is 0 Å². The number of ether oxygens (including phenoxy) is 1. The molecule has 4 rings (SSSR count). The fraction of sp³-hybridized carbons (Fsp3) is 0.304. The van der Waals surface area contributed by atoms with Gasteiger partial charge in [-0.05, 0) is 55.5 Å². The average molecular weight is 487 g/mol. The SMILES string of the molecule is COCCNC(=O)c1c(NC(=O)c2nn(-c3ccc(Cl)cc3)ccc2=O)sc2c1CCCC2. The Morgan fingerprint density at radius 1 is 1.15 bits per heavy atom. The van der Waals surface area contributed by atoms with Crippen LogP contribution in [0.25, 0.3) is 5.69 Å². The van der Waals surface area contributed by atoms with E-state index in [1.54, 1.807) is 31.4 Å². The number of aryl methyl sites for hydroxylation is 1. The van der Waals surface area contributed by atoms with Crippen molar-refractivity contribution in [2.24, 2.45) is 0 Å². The Balaban J connectivity index is 1.64. The quantitative estimate of drug-likeness (QED) is 0.498. The molecule has 172 valence electrons. The zero-order chi connectivity index (χ0) is 23.4. The molecule has 2 N–H and O–H groups in total. The smallest absolute Gasteiger partial charge is 0.280 e. The molecule has 0 unspecified atom stereocenters. The number of anilines is 1. The van der Waals surface area contributed by atoms with E-state index in [4.69, 9.17) is 16.3 Å². The van der Waals surface area contributed by atoms with Crippen LogP contribution in [-0.4, -0.2) is 41.9 Å². The van der Waals surface area contributed by atoms with Crippen LogP contribution in [0.15, 0.2) is 41.3 Å². The number of benzene rings is 1. The highest BCUT2D eigenvalue weighted by atomic mass is 35.5. The number of fused-ring (bicyclic) bond motifs is 1. The Kier molecular flexibility index (Phi) is 7.22. The highest BCUT2D eigenvalue weighted by molar-refractivity contribution is 7.17. The van der Waals surface area contributed by atoms with Crippen LogP contribution >= 0.6 is 22.9 Å². The zero-order valence-corrected chi connectivity index (χ0v) is 19.6. The lowest BCUT2D eigenvalue weighted by Gasteiger charge is -2.13. The first-order valence-electron chi connectivity index (χ1n) is 10.6. The third-order valence-corrected chi connectivity index (χ3v) is 6.79. The standard InChI is InChI=1S/C23H23ClN4O4S/c1-32-13-11-25-21(30)19-16-4-2-3-5-18(16)33-23(19)26-22(31)20-17(29)10-12-28(27-20)15-8-6-14(24)7-9-15/h6-10,12H,2-5,11,13H2,1H3,(H,25,30)(H,26,31). The largest absolute Gasteiger partial charge is 0.383 e. The number of methoxy groups -OCH3 is 1. The van der Waals surface area contributed by atoms with Crippen molar-refractivity contribution in [3.63, 3.8) is 0 Å². The van der Waals surface area contributed by atoms with Gasteiger partial charge in [-0.3, -0.25) is 14.4 Å². The van der Waals surface area contributed by atoms with Gasteiger partial charge in [0.05, 0.1) is 17.9 Å². The minimum Gasteiger partial charge on any atom is -0.383 e. The van der Waals surface area contributed by atoms with Crippen molar-refractivity contribution < 1.29 is 14.3 Å². The van der Waals surface area contributed by atoms with E-state index >= 15 is 0 Å². The molecular formula is C23H23ClN4O4S. The lowest BCUT2D eigenvalue weighted by molar-refractivity contribution is 0.0937. The predicted octanol–water partition coefficient (Wildman–Crippen LogP) is 3.45. The van der Waals surface area contributed by atoms with Crippen molar-refractivity contribution in [2.75, 3.05) is 25.6 Å². The van der Waals surface area contributed by atoms with Gasteiger partial charge in [-0.15, -0.1) is 11.3 Å². The summed E-state index contributed by atoms with van der Waals surface area (Å²) in [6.45, 7) is 0.747. The highest BCUT2D eigenvalue weighted by Gasteiger charge is 2.27. The normalized spacial score (nSPS) is 12.8. The molecule has 3 aromatic rings. The monoisotopic (exact) mass is 486 g/mol. The summed E-state index contributed by atoms with van der Waals surface area (Å²) in [7, 11) is 1.56. The molecule has 0 bridgehead atoms. The summed E-state index contributed by atoms with van der Waals surface area (Å²) in [6.07, 6.45) is 5.16. The Labute approximate surface area is 199 Å². The van der Waals surface area contributed by atoms with Crippen molar-refractivity contribution in [3.05, 3.63) is 73.5 Å². The van der Waals surface area contributed by atoms with E-state index in [-0.39, 0.29) is 11.6 Å². The van der Waals surface area contributed by atoms with Crippen molar-refractivity contribution in [1.82, 2.24) is 15.1 Å². The fourth-order valence-electron chi connectivity index (χ4n) is 3.71. The molecule has 10 heteroatoms. The molecule has 1 aromatic carbocycles. The molecule has 0 atom stereocenters. The van der Waals surface area contributed by atoms with Crippen LogP contribution in [0.4, 0.5) is 5.00 Å². The summed E-state index contributed by atoms with van der Waals surface area (Å²) in [5, 5.41) is 10.8. The number of hydrogen-bond donors (Lipinski definition) is 2. The van der Waals surface area contributed by atoms with E-state index in [2.05, 4.69) is 15.7 Å². The maximum atomic E-state index is 13.1. The number of amides is 2. The average Bonchev–Trinajstić information content (AvgIpc) is 3.18. The number of nitrogens with zero attached hydrogens (tertiary/aromatic N) is 2. The second kappa shape index (κ2) is 10.3. The van der Waals surface area contributed by atoms with Crippen LogP contribution in [0.3, 0.4) is 0 Å². The van der Waals surface area contributed by atoms with Gasteiger partial charge in [0.25, 0.3) is 11.8 Å². The Morgan fingerprint density at radius 3 is 2.67 bits per heavy atom. The van der Waals surface area contributed by atoms with Crippen LogP contribution in [-0.2, 0) is 17.6 Å². The summed E-state index contributed by atoms with van der Waals surface area (Å²) in [6, 6.07) is 8.14. The molecule has 33 heavy (non-hydrogen) atoms. The zero-order valence-electron chi connectivity index (χ0n) is 18.0. The number of thiophene rings is 1. The molecule has 0 spiro atoms. The molecule has 0 radical (unpaired) electrons. The van der Waals surface area contributed by atoms with Crippen molar-refractivity contribution in [2.45, 2.75) is 25.7 Å². The summed E-state index contributed by atoms with van der Waals surface area (Å²) < 4.78 is 6.44. The highest BCUT2D eigenvalue weighted by Crippen LogP contribution is 2.38. The summed E-state index contributed by atoms with van der Waals surface area (Å²) >= 11 is 7.32. The summed E-state index contributed by atoms with van der Waals surface area (Å²) in [4.78, 5) is 39.5. The second-order valence-electron chi connectivity index (χ2n) is 7.57. The maximum absolute atomic E-state index is 13.1. The van der Waals surface area contributed by atoms with Crippen molar-refractivity contribution in [3.8, 4) is 5.69 Å². The van der Waals surface area contributed by atoms with Gasteiger partial charge in [0.1, 0.15) is 5.00 Å². The molecule has 0 fully saturated rings. The van der Waals surface area contributed by atoms with E-state index in [0.717, 1.165) is 36.1 Å². The third-order valence-electron chi connectivity index (χ3n) is 5.33. The molecular weight excluding hydrogens is 464 g/mol. The van der Waals surface area contributed by atoms with Gasteiger partial charge in [0.15, 0.2) is 5.69 Å². The maximum Gasteiger partial charge on any atom is 0.280 e. The Hall–Kier alpha value is -3.01.